The summed E-state index contributed by atoms with van der Waals surface area (Å²) in [4.78, 5) is 13.6. The standard InChI is InChI=1S/C12H13F2N5O/c1-15-10-16-11(19(2)3)18-12(17-10)20-8-6-4-5-7(13)9(8)14/h4-6H,1-3H3,(H,15,16,17,18). The van der Waals surface area contributed by atoms with Crippen molar-refractivity contribution in [2.45, 2.75) is 0 Å². The van der Waals surface area contributed by atoms with Gasteiger partial charge in [0.1, 0.15) is 0 Å². The van der Waals surface area contributed by atoms with E-state index in [1.807, 2.05) is 0 Å². The lowest BCUT2D eigenvalue weighted by Gasteiger charge is -2.12. The average molecular weight is 281 g/mol. The van der Waals surface area contributed by atoms with Crippen molar-refractivity contribution in [3.05, 3.63) is 29.8 Å². The van der Waals surface area contributed by atoms with Crippen LogP contribution in [0.15, 0.2) is 18.2 Å². The summed E-state index contributed by atoms with van der Waals surface area (Å²) in [5.41, 5.74) is 0. The molecule has 106 valence electrons. The predicted molar refractivity (Wildman–Crippen MR) is 70.1 cm³/mol. The molecule has 0 aliphatic carbocycles. The molecule has 2 rings (SSSR count). The Morgan fingerprint density at radius 1 is 1.15 bits per heavy atom. The first-order valence-corrected chi connectivity index (χ1v) is 5.74. The molecule has 0 saturated heterocycles. The number of rotatable bonds is 4. The van der Waals surface area contributed by atoms with Crippen molar-refractivity contribution in [3.8, 4) is 11.8 Å². The molecule has 0 spiro atoms. The van der Waals surface area contributed by atoms with Gasteiger partial charge in [0.25, 0.3) is 0 Å². The van der Waals surface area contributed by atoms with Crippen LogP contribution in [0.4, 0.5) is 20.7 Å². The molecule has 0 bridgehead atoms. The Bertz CT molecular complexity index is 621. The molecule has 0 fully saturated rings. The van der Waals surface area contributed by atoms with E-state index in [0.717, 1.165) is 6.07 Å². The summed E-state index contributed by atoms with van der Waals surface area (Å²) in [5.74, 6) is -1.79. The topological polar surface area (TPSA) is 63.2 Å². The monoisotopic (exact) mass is 281 g/mol. The summed E-state index contributed by atoms with van der Waals surface area (Å²) in [6, 6.07) is 3.49. The minimum Gasteiger partial charge on any atom is -0.421 e. The Labute approximate surface area is 114 Å². The molecule has 1 N–H and O–H groups in total. The zero-order chi connectivity index (χ0) is 14.7. The van der Waals surface area contributed by atoms with Crippen LogP contribution >= 0.6 is 0 Å². The number of aromatic nitrogens is 3. The van der Waals surface area contributed by atoms with E-state index in [0.29, 0.717) is 5.95 Å². The second-order valence-electron chi connectivity index (χ2n) is 4.04. The van der Waals surface area contributed by atoms with Crippen LogP contribution in [0.3, 0.4) is 0 Å². The Morgan fingerprint density at radius 3 is 2.55 bits per heavy atom. The second kappa shape index (κ2) is 5.64. The highest BCUT2D eigenvalue weighted by atomic mass is 19.2. The average Bonchev–Trinajstić information content (AvgIpc) is 2.43. The fraction of sp³-hybridized carbons (Fsp3) is 0.250. The van der Waals surface area contributed by atoms with E-state index in [9.17, 15) is 8.78 Å². The first-order chi connectivity index (χ1) is 9.51. The van der Waals surface area contributed by atoms with Gasteiger partial charge in [0.2, 0.25) is 17.7 Å². The number of hydrogen-bond donors (Lipinski definition) is 1. The number of nitrogens with one attached hydrogen (secondary N) is 1. The third-order valence-electron chi connectivity index (χ3n) is 2.34. The van der Waals surface area contributed by atoms with E-state index < -0.39 is 11.6 Å². The van der Waals surface area contributed by atoms with Gasteiger partial charge in [0, 0.05) is 21.1 Å². The predicted octanol–water partition coefficient (Wildman–Crippen LogP) is 2.05. The smallest absolute Gasteiger partial charge is 0.328 e. The maximum atomic E-state index is 13.5. The summed E-state index contributed by atoms with van der Waals surface area (Å²) in [6.07, 6.45) is 0. The maximum Gasteiger partial charge on any atom is 0.328 e. The summed E-state index contributed by atoms with van der Waals surface area (Å²) in [6.45, 7) is 0. The van der Waals surface area contributed by atoms with Gasteiger partial charge in [-0.05, 0) is 12.1 Å². The van der Waals surface area contributed by atoms with E-state index in [4.69, 9.17) is 4.74 Å². The van der Waals surface area contributed by atoms with Gasteiger partial charge in [-0.25, -0.2) is 4.39 Å². The van der Waals surface area contributed by atoms with Crippen molar-refractivity contribution in [2.24, 2.45) is 0 Å². The van der Waals surface area contributed by atoms with Gasteiger partial charge in [0.15, 0.2) is 11.6 Å². The fourth-order valence-corrected chi connectivity index (χ4v) is 1.36. The lowest BCUT2D eigenvalue weighted by Crippen LogP contribution is -2.15. The van der Waals surface area contributed by atoms with Crippen LogP contribution in [0.2, 0.25) is 0 Å². The molecule has 20 heavy (non-hydrogen) atoms. The molecule has 0 atom stereocenters. The number of hydrogen-bond acceptors (Lipinski definition) is 6. The second-order valence-corrected chi connectivity index (χ2v) is 4.04. The molecule has 0 amide bonds. The van der Waals surface area contributed by atoms with Crippen LogP contribution in [0.1, 0.15) is 0 Å². The van der Waals surface area contributed by atoms with E-state index in [1.54, 1.807) is 26.0 Å². The zero-order valence-electron chi connectivity index (χ0n) is 11.2. The summed E-state index contributed by atoms with van der Waals surface area (Å²) < 4.78 is 31.8. The molecular formula is C12H13F2N5O. The quantitative estimate of drug-likeness (QED) is 0.925. The fourth-order valence-electron chi connectivity index (χ4n) is 1.36. The third kappa shape index (κ3) is 2.90. The van der Waals surface area contributed by atoms with E-state index in [-0.39, 0.29) is 17.7 Å². The number of nitrogens with zero attached hydrogens (tertiary/aromatic N) is 4. The molecular weight excluding hydrogens is 268 g/mol. The van der Waals surface area contributed by atoms with E-state index >= 15 is 0 Å². The van der Waals surface area contributed by atoms with Gasteiger partial charge in [-0.15, -0.1) is 0 Å². The Balaban J connectivity index is 2.37. The van der Waals surface area contributed by atoms with Crippen LogP contribution in [0.5, 0.6) is 11.8 Å². The molecule has 8 heteroatoms. The first-order valence-electron chi connectivity index (χ1n) is 5.74. The SMILES string of the molecule is CNc1nc(Oc2cccc(F)c2F)nc(N(C)C)n1. The number of ether oxygens (including phenoxy) is 1. The number of benzene rings is 1. The highest BCUT2D eigenvalue weighted by Crippen LogP contribution is 2.24. The molecule has 1 aromatic heterocycles. The lowest BCUT2D eigenvalue weighted by molar-refractivity contribution is 0.392. The minimum atomic E-state index is -1.09. The van der Waals surface area contributed by atoms with Gasteiger partial charge in [-0.2, -0.15) is 19.3 Å². The number of anilines is 2. The third-order valence-corrected chi connectivity index (χ3v) is 2.34. The zero-order valence-corrected chi connectivity index (χ0v) is 11.2. The summed E-state index contributed by atoms with van der Waals surface area (Å²) >= 11 is 0. The lowest BCUT2D eigenvalue weighted by atomic mass is 10.3. The highest BCUT2D eigenvalue weighted by Gasteiger charge is 2.13. The van der Waals surface area contributed by atoms with Crippen molar-refractivity contribution in [2.75, 3.05) is 31.4 Å². The van der Waals surface area contributed by atoms with Crippen molar-refractivity contribution in [1.82, 2.24) is 15.0 Å². The van der Waals surface area contributed by atoms with Crippen LogP contribution in [0.25, 0.3) is 0 Å². The molecule has 0 unspecified atom stereocenters. The van der Waals surface area contributed by atoms with Gasteiger partial charge in [-0.1, -0.05) is 6.07 Å². The molecule has 0 saturated carbocycles. The molecule has 0 radical (unpaired) electrons. The van der Waals surface area contributed by atoms with Crippen molar-refractivity contribution in [3.63, 3.8) is 0 Å². The molecule has 1 aromatic carbocycles. The van der Waals surface area contributed by atoms with Gasteiger partial charge >= 0.3 is 6.01 Å². The molecule has 2 aromatic rings. The van der Waals surface area contributed by atoms with Crippen molar-refractivity contribution < 1.29 is 13.5 Å². The van der Waals surface area contributed by atoms with Crippen LogP contribution in [0, 0.1) is 11.6 Å². The molecule has 0 aliphatic rings. The Hall–Kier alpha value is -2.51. The number of halogens is 2. The summed E-state index contributed by atoms with van der Waals surface area (Å²) in [7, 11) is 5.10. The minimum absolute atomic E-state index is 0.127. The van der Waals surface area contributed by atoms with Crippen LogP contribution < -0.4 is 15.0 Å². The van der Waals surface area contributed by atoms with E-state index in [2.05, 4.69) is 20.3 Å². The largest absolute Gasteiger partial charge is 0.421 e. The van der Waals surface area contributed by atoms with Crippen molar-refractivity contribution >= 4 is 11.9 Å². The Kier molecular flexibility index (Phi) is 3.92. The normalized spacial score (nSPS) is 10.2. The van der Waals surface area contributed by atoms with Crippen LogP contribution in [-0.2, 0) is 0 Å². The van der Waals surface area contributed by atoms with Crippen LogP contribution in [-0.4, -0.2) is 36.1 Å². The highest BCUT2D eigenvalue weighted by molar-refractivity contribution is 5.38. The molecule has 1 heterocycles. The molecule has 0 aliphatic heterocycles. The first kappa shape index (κ1) is 13.9. The summed E-state index contributed by atoms with van der Waals surface area (Å²) in [5, 5.41) is 2.74. The maximum absolute atomic E-state index is 13.5. The van der Waals surface area contributed by atoms with Gasteiger partial charge < -0.3 is 15.0 Å². The van der Waals surface area contributed by atoms with Gasteiger partial charge in [-0.3, -0.25) is 0 Å². The van der Waals surface area contributed by atoms with E-state index in [1.165, 1.54) is 12.1 Å². The Morgan fingerprint density at radius 2 is 1.90 bits per heavy atom. The molecule has 6 nitrogen and oxygen atoms in total. The van der Waals surface area contributed by atoms with Crippen molar-refractivity contribution in [1.29, 1.82) is 0 Å². The van der Waals surface area contributed by atoms with Gasteiger partial charge in [0.05, 0.1) is 0 Å².